The number of aryl methyl sites for hydroxylation is 2. The highest BCUT2D eigenvalue weighted by Gasteiger charge is 2.01. The van der Waals surface area contributed by atoms with Crippen LogP contribution in [0.2, 0.25) is 0 Å². The maximum atomic E-state index is 4.30. The van der Waals surface area contributed by atoms with Crippen LogP contribution >= 0.6 is 0 Å². The van der Waals surface area contributed by atoms with Crippen LogP contribution in [0.25, 0.3) is 5.69 Å². The second-order valence-corrected chi connectivity index (χ2v) is 3.91. The molecule has 0 radical (unpaired) electrons. The molecule has 0 saturated heterocycles. The molecule has 0 saturated carbocycles. The minimum atomic E-state index is 0.832. The molecule has 0 aliphatic rings. The van der Waals surface area contributed by atoms with E-state index in [1.165, 1.54) is 5.56 Å². The average Bonchev–Trinajstić information content (AvgIpc) is 3.08. The zero-order chi connectivity index (χ0) is 12.2. The van der Waals surface area contributed by atoms with Gasteiger partial charge in [-0.3, -0.25) is 9.67 Å². The van der Waals surface area contributed by atoms with Gasteiger partial charge in [0.15, 0.2) is 0 Å². The van der Waals surface area contributed by atoms with Crippen LogP contribution < -0.4 is 0 Å². The number of hydrogen-bond donors (Lipinski definition) is 0. The van der Waals surface area contributed by atoms with Gasteiger partial charge in [-0.15, -0.1) is 5.10 Å². The Hall–Kier alpha value is -2.50. The van der Waals surface area contributed by atoms with Crippen molar-refractivity contribution in [3.8, 4) is 5.69 Å². The second-order valence-electron chi connectivity index (χ2n) is 3.91. The van der Waals surface area contributed by atoms with E-state index < -0.39 is 0 Å². The van der Waals surface area contributed by atoms with Gasteiger partial charge in [-0.05, 0) is 24.1 Å². The van der Waals surface area contributed by atoms with Gasteiger partial charge in [-0.25, -0.2) is 4.68 Å². The average molecular weight is 240 g/mol. The SMILES string of the molecule is c1cc(CCn2cc(-n3ccnn3)cn2)ccn1. The molecule has 0 spiro atoms. The fraction of sp³-hybridized carbons (Fsp3) is 0.167. The highest BCUT2D eigenvalue weighted by molar-refractivity contribution is 5.22. The predicted octanol–water partition coefficient (Wildman–Crippen LogP) is 1.10. The van der Waals surface area contributed by atoms with Crippen molar-refractivity contribution < 1.29 is 0 Å². The summed E-state index contributed by atoms with van der Waals surface area (Å²) in [5.41, 5.74) is 2.17. The molecule has 6 heteroatoms. The van der Waals surface area contributed by atoms with Gasteiger partial charge in [0.2, 0.25) is 0 Å². The van der Waals surface area contributed by atoms with Gasteiger partial charge in [0.1, 0.15) is 5.69 Å². The van der Waals surface area contributed by atoms with E-state index in [9.17, 15) is 0 Å². The summed E-state index contributed by atoms with van der Waals surface area (Å²) in [4.78, 5) is 4.00. The molecule has 0 amide bonds. The van der Waals surface area contributed by atoms with Crippen molar-refractivity contribution in [3.63, 3.8) is 0 Å². The molecule has 0 unspecified atom stereocenters. The molecular weight excluding hydrogens is 228 g/mol. The van der Waals surface area contributed by atoms with Crippen LogP contribution in [0.5, 0.6) is 0 Å². The molecule has 0 aliphatic carbocycles. The van der Waals surface area contributed by atoms with Crippen molar-refractivity contribution in [1.82, 2.24) is 29.8 Å². The lowest BCUT2D eigenvalue weighted by Crippen LogP contribution is -2.01. The summed E-state index contributed by atoms with van der Waals surface area (Å²) in [6, 6.07) is 4.03. The quantitative estimate of drug-likeness (QED) is 0.685. The summed E-state index contributed by atoms with van der Waals surface area (Å²) >= 11 is 0. The fourth-order valence-electron chi connectivity index (χ4n) is 1.73. The molecule has 0 aliphatic heterocycles. The van der Waals surface area contributed by atoms with Crippen molar-refractivity contribution >= 4 is 0 Å². The van der Waals surface area contributed by atoms with E-state index in [1.54, 1.807) is 35.7 Å². The Morgan fingerprint density at radius 2 is 2.00 bits per heavy atom. The van der Waals surface area contributed by atoms with Crippen LogP contribution in [0.3, 0.4) is 0 Å². The first-order chi connectivity index (χ1) is 8.92. The third kappa shape index (κ3) is 2.27. The van der Waals surface area contributed by atoms with Gasteiger partial charge < -0.3 is 0 Å². The van der Waals surface area contributed by atoms with Gasteiger partial charge in [0.25, 0.3) is 0 Å². The molecule has 0 bridgehead atoms. The Bertz CT molecular complexity index is 599. The first-order valence-corrected chi connectivity index (χ1v) is 5.70. The van der Waals surface area contributed by atoms with Crippen LogP contribution in [0, 0.1) is 0 Å². The predicted molar refractivity (Wildman–Crippen MR) is 65.1 cm³/mol. The third-order valence-electron chi connectivity index (χ3n) is 2.69. The van der Waals surface area contributed by atoms with Crippen LogP contribution in [-0.4, -0.2) is 29.8 Å². The van der Waals surface area contributed by atoms with Crippen LogP contribution in [0.4, 0.5) is 0 Å². The van der Waals surface area contributed by atoms with Gasteiger partial charge in [0, 0.05) is 18.9 Å². The number of pyridine rings is 1. The van der Waals surface area contributed by atoms with E-state index in [-0.39, 0.29) is 0 Å². The molecule has 90 valence electrons. The Morgan fingerprint density at radius 3 is 2.78 bits per heavy atom. The maximum Gasteiger partial charge on any atom is 0.104 e. The lowest BCUT2D eigenvalue weighted by molar-refractivity contribution is 0.614. The minimum Gasteiger partial charge on any atom is -0.270 e. The highest BCUT2D eigenvalue weighted by Crippen LogP contribution is 2.05. The maximum absolute atomic E-state index is 4.30. The van der Waals surface area contributed by atoms with Crippen molar-refractivity contribution in [1.29, 1.82) is 0 Å². The summed E-state index contributed by atoms with van der Waals surface area (Å²) in [7, 11) is 0. The largest absolute Gasteiger partial charge is 0.270 e. The van der Waals surface area contributed by atoms with Gasteiger partial charge in [-0.2, -0.15) is 5.10 Å². The number of aromatic nitrogens is 6. The smallest absolute Gasteiger partial charge is 0.104 e. The fourth-order valence-corrected chi connectivity index (χ4v) is 1.73. The van der Waals surface area contributed by atoms with Gasteiger partial charge in [-0.1, -0.05) is 5.21 Å². The lowest BCUT2D eigenvalue weighted by Gasteiger charge is -2.01. The molecule has 0 N–H and O–H groups in total. The molecule has 3 rings (SSSR count). The second kappa shape index (κ2) is 4.79. The highest BCUT2D eigenvalue weighted by atomic mass is 15.4. The molecule has 0 atom stereocenters. The first-order valence-electron chi connectivity index (χ1n) is 5.70. The summed E-state index contributed by atoms with van der Waals surface area (Å²) in [5, 5.41) is 12.0. The molecule has 3 aromatic rings. The van der Waals surface area contributed by atoms with E-state index in [2.05, 4.69) is 20.4 Å². The topological polar surface area (TPSA) is 61.4 Å². The molecular formula is C12H12N6. The molecule has 0 fully saturated rings. The van der Waals surface area contributed by atoms with Crippen molar-refractivity contribution in [3.05, 3.63) is 54.9 Å². The van der Waals surface area contributed by atoms with Crippen molar-refractivity contribution in [2.45, 2.75) is 13.0 Å². The molecule has 18 heavy (non-hydrogen) atoms. The summed E-state index contributed by atoms with van der Waals surface area (Å²) in [6.07, 6.45) is 11.7. The zero-order valence-electron chi connectivity index (χ0n) is 9.72. The van der Waals surface area contributed by atoms with E-state index in [0.29, 0.717) is 0 Å². The van der Waals surface area contributed by atoms with Crippen molar-refractivity contribution in [2.75, 3.05) is 0 Å². The molecule has 0 aromatic carbocycles. The standard InChI is InChI=1S/C12H12N6/c1-4-13-5-2-11(1)3-7-17-10-12(9-15-17)18-8-6-14-16-18/h1-2,4-6,8-10H,3,7H2. The number of nitrogens with zero attached hydrogens (tertiary/aromatic N) is 6. The van der Waals surface area contributed by atoms with E-state index in [0.717, 1.165) is 18.7 Å². The van der Waals surface area contributed by atoms with Crippen LogP contribution in [0.15, 0.2) is 49.3 Å². The minimum absolute atomic E-state index is 0.832. The van der Waals surface area contributed by atoms with Gasteiger partial charge in [0.05, 0.1) is 24.8 Å². The Labute approximate surface area is 104 Å². The van der Waals surface area contributed by atoms with E-state index in [1.807, 2.05) is 23.0 Å². The monoisotopic (exact) mass is 240 g/mol. The van der Waals surface area contributed by atoms with Crippen LogP contribution in [-0.2, 0) is 13.0 Å². The zero-order valence-corrected chi connectivity index (χ0v) is 9.72. The Kier molecular flexibility index (Phi) is 2.83. The third-order valence-corrected chi connectivity index (χ3v) is 2.69. The molecule has 3 heterocycles. The van der Waals surface area contributed by atoms with E-state index >= 15 is 0 Å². The van der Waals surface area contributed by atoms with Crippen molar-refractivity contribution in [2.24, 2.45) is 0 Å². The molecule has 6 nitrogen and oxygen atoms in total. The lowest BCUT2D eigenvalue weighted by atomic mass is 10.2. The Balaban J connectivity index is 1.68. The first kappa shape index (κ1) is 10.6. The normalized spacial score (nSPS) is 10.7. The summed E-state index contributed by atoms with van der Waals surface area (Å²) in [6.45, 7) is 0.832. The summed E-state index contributed by atoms with van der Waals surface area (Å²) < 4.78 is 3.59. The number of rotatable bonds is 4. The summed E-state index contributed by atoms with van der Waals surface area (Å²) in [5.74, 6) is 0. The molecule has 3 aromatic heterocycles. The van der Waals surface area contributed by atoms with E-state index in [4.69, 9.17) is 0 Å². The Morgan fingerprint density at radius 1 is 1.11 bits per heavy atom. The van der Waals surface area contributed by atoms with Gasteiger partial charge >= 0.3 is 0 Å². The number of hydrogen-bond acceptors (Lipinski definition) is 4. The van der Waals surface area contributed by atoms with Crippen LogP contribution in [0.1, 0.15) is 5.56 Å².